The van der Waals surface area contributed by atoms with Gasteiger partial charge in [0.1, 0.15) is 0 Å². The summed E-state index contributed by atoms with van der Waals surface area (Å²) in [6, 6.07) is 10.3. The summed E-state index contributed by atoms with van der Waals surface area (Å²) in [7, 11) is 1.74. The third-order valence-corrected chi connectivity index (χ3v) is 8.97. The second-order valence-electron chi connectivity index (χ2n) is 10.2. The summed E-state index contributed by atoms with van der Waals surface area (Å²) in [5, 5.41) is 16.0. The number of anilines is 1. The zero-order valence-corrected chi connectivity index (χ0v) is 20.9. The van der Waals surface area contributed by atoms with Gasteiger partial charge >= 0.3 is 0 Å². The van der Waals surface area contributed by atoms with E-state index >= 15 is 0 Å². The number of aliphatic hydroxyl groups is 1. The highest BCUT2D eigenvalue weighted by Crippen LogP contribution is 2.57. The van der Waals surface area contributed by atoms with Gasteiger partial charge in [0.15, 0.2) is 5.13 Å². The molecule has 33 heavy (non-hydrogen) atoms. The fourth-order valence-corrected chi connectivity index (χ4v) is 7.40. The molecule has 2 aliphatic rings. The van der Waals surface area contributed by atoms with E-state index in [1.807, 2.05) is 25.1 Å². The van der Waals surface area contributed by atoms with E-state index in [1.54, 1.807) is 23.3 Å². The number of hydrogen-bond acceptors (Lipinski definition) is 5. The van der Waals surface area contributed by atoms with Gasteiger partial charge in [-0.15, -0.1) is 17.8 Å². The van der Waals surface area contributed by atoms with Crippen LogP contribution in [0.25, 0.3) is 0 Å². The van der Waals surface area contributed by atoms with E-state index in [9.17, 15) is 9.90 Å². The van der Waals surface area contributed by atoms with Crippen molar-refractivity contribution in [2.75, 3.05) is 18.9 Å². The molecule has 2 aliphatic carbocycles. The average molecular weight is 466 g/mol. The van der Waals surface area contributed by atoms with E-state index in [-0.39, 0.29) is 35.0 Å². The summed E-state index contributed by atoms with van der Waals surface area (Å²) in [6.07, 6.45) is 7.65. The Morgan fingerprint density at radius 2 is 2.15 bits per heavy atom. The first-order valence-electron chi connectivity index (χ1n) is 11.9. The van der Waals surface area contributed by atoms with E-state index in [2.05, 4.69) is 37.2 Å². The molecular formula is C27H35N3O2S. The van der Waals surface area contributed by atoms with Gasteiger partial charge in [-0.25, -0.2) is 4.98 Å². The Labute approximate surface area is 201 Å². The molecule has 176 valence electrons. The number of terminal acetylenes is 1. The minimum Gasteiger partial charge on any atom is -0.392 e. The lowest BCUT2D eigenvalue weighted by Gasteiger charge is -2.53. The maximum Gasteiger partial charge on any atom is 0.226 e. The highest BCUT2D eigenvalue weighted by molar-refractivity contribution is 7.15. The number of carbonyl (C=O) groups is 1. The molecule has 2 aromatic rings. The zero-order valence-electron chi connectivity index (χ0n) is 20.0. The van der Waals surface area contributed by atoms with Crippen LogP contribution >= 0.6 is 11.3 Å². The maximum atomic E-state index is 12.9. The number of aliphatic hydroxyl groups excluding tert-OH is 1. The summed E-state index contributed by atoms with van der Waals surface area (Å²) in [6.45, 7) is 7.50. The Hall–Kier alpha value is -2.36. The molecule has 5 nitrogen and oxygen atoms in total. The highest BCUT2D eigenvalue weighted by Gasteiger charge is 2.54. The minimum absolute atomic E-state index is 0.0129. The number of rotatable bonds is 6. The summed E-state index contributed by atoms with van der Waals surface area (Å²) in [5.74, 6) is 2.47. The second kappa shape index (κ2) is 9.48. The zero-order chi connectivity index (χ0) is 23.8. The van der Waals surface area contributed by atoms with Crippen molar-refractivity contribution in [2.45, 2.75) is 58.6 Å². The quantitative estimate of drug-likeness (QED) is 0.615. The standard InChI is InChI=1S/C27H35N3O2S/c1-6-14-30(5)25(32)17(2)20-12-13-27(4)15-21-23(18(3)22(27)24(20)31)29-26(33-21)28-16-19-10-8-7-9-11-19/h1,7-11,17-18,20,22,24,31H,12-16H2,2-5H3,(H,28,29). The van der Waals surface area contributed by atoms with Crippen LogP contribution in [0.15, 0.2) is 30.3 Å². The molecule has 1 fully saturated rings. The molecule has 0 bridgehead atoms. The molecule has 6 heteroatoms. The molecule has 1 amide bonds. The van der Waals surface area contributed by atoms with Crippen molar-refractivity contribution in [1.82, 2.24) is 9.88 Å². The van der Waals surface area contributed by atoms with E-state index in [4.69, 9.17) is 11.4 Å². The summed E-state index contributed by atoms with van der Waals surface area (Å²) in [5.41, 5.74) is 2.35. The Morgan fingerprint density at radius 1 is 1.42 bits per heavy atom. The summed E-state index contributed by atoms with van der Waals surface area (Å²) >= 11 is 1.75. The van der Waals surface area contributed by atoms with Gasteiger partial charge in [-0.3, -0.25) is 4.79 Å². The minimum atomic E-state index is -0.535. The smallest absolute Gasteiger partial charge is 0.226 e. The molecule has 2 N–H and O–H groups in total. The van der Waals surface area contributed by atoms with Crippen LogP contribution in [-0.2, 0) is 17.8 Å². The molecule has 6 unspecified atom stereocenters. The maximum absolute atomic E-state index is 12.9. The number of amides is 1. The van der Waals surface area contributed by atoms with Gasteiger partial charge in [0.2, 0.25) is 5.91 Å². The molecule has 0 saturated heterocycles. The van der Waals surface area contributed by atoms with Gasteiger partial charge in [-0.1, -0.05) is 57.0 Å². The van der Waals surface area contributed by atoms with Crippen LogP contribution in [0.3, 0.4) is 0 Å². The predicted octanol–water partition coefficient (Wildman–Crippen LogP) is 4.54. The molecule has 1 heterocycles. The Balaban J connectivity index is 1.52. The van der Waals surface area contributed by atoms with Crippen LogP contribution < -0.4 is 5.32 Å². The lowest BCUT2D eigenvalue weighted by Crippen LogP contribution is -2.53. The Morgan fingerprint density at radius 3 is 2.85 bits per heavy atom. The second-order valence-corrected chi connectivity index (χ2v) is 11.3. The van der Waals surface area contributed by atoms with Crippen molar-refractivity contribution < 1.29 is 9.90 Å². The Kier molecular flexibility index (Phi) is 6.83. The lowest BCUT2D eigenvalue weighted by molar-refractivity contribution is -0.142. The van der Waals surface area contributed by atoms with Crippen LogP contribution in [0.4, 0.5) is 5.13 Å². The average Bonchev–Trinajstić information content (AvgIpc) is 3.20. The third kappa shape index (κ3) is 4.54. The van der Waals surface area contributed by atoms with Gasteiger partial charge in [0, 0.05) is 30.3 Å². The van der Waals surface area contributed by atoms with E-state index in [1.165, 1.54) is 10.4 Å². The first-order chi connectivity index (χ1) is 15.7. The topological polar surface area (TPSA) is 65.5 Å². The number of carbonyl (C=O) groups excluding carboxylic acids is 1. The first-order valence-corrected chi connectivity index (χ1v) is 12.7. The molecule has 1 aromatic heterocycles. The normalized spacial score (nSPS) is 29.3. The van der Waals surface area contributed by atoms with Crippen molar-refractivity contribution in [2.24, 2.45) is 23.2 Å². The van der Waals surface area contributed by atoms with Gasteiger partial charge in [0.25, 0.3) is 0 Å². The summed E-state index contributed by atoms with van der Waals surface area (Å²) < 4.78 is 0. The molecule has 0 aliphatic heterocycles. The lowest BCUT2D eigenvalue weighted by atomic mass is 9.53. The first kappa shape index (κ1) is 23.8. The number of hydrogen-bond donors (Lipinski definition) is 2. The van der Waals surface area contributed by atoms with Gasteiger partial charge in [0.05, 0.1) is 18.3 Å². The number of fused-ring (bicyclic) bond motifs is 2. The number of thiazole rings is 1. The molecule has 6 atom stereocenters. The fourth-order valence-electron chi connectivity index (χ4n) is 6.14. The van der Waals surface area contributed by atoms with Crippen LogP contribution in [0.1, 0.15) is 55.7 Å². The van der Waals surface area contributed by atoms with Gasteiger partial charge in [-0.05, 0) is 42.1 Å². The number of nitrogens with zero attached hydrogens (tertiary/aromatic N) is 2. The van der Waals surface area contributed by atoms with Crippen molar-refractivity contribution in [3.63, 3.8) is 0 Å². The predicted molar refractivity (Wildman–Crippen MR) is 134 cm³/mol. The number of nitrogens with one attached hydrogen (secondary N) is 1. The van der Waals surface area contributed by atoms with Crippen molar-refractivity contribution in [3.8, 4) is 12.3 Å². The SMILES string of the molecule is C#CCN(C)C(=O)C(C)C1CCC2(C)Cc3sc(NCc4ccccc4)nc3C(C)C2C1O. The van der Waals surface area contributed by atoms with Crippen LogP contribution in [-0.4, -0.2) is 40.6 Å². The fraction of sp³-hybridized carbons (Fsp3) is 0.556. The monoisotopic (exact) mass is 465 g/mol. The molecule has 1 aromatic carbocycles. The van der Waals surface area contributed by atoms with Crippen LogP contribution in [0.5, 0.6) is 0 Å². The number of aromatic nitrogens is 1. The highest BCUT2D eigenvalue weighted by atomic mass is 32.1. The van der Waals surface area contributed by atoms with Crippen LogP contribution in [0, 0.1) is 35.5 Å². The van der Waals surface area contributed by atoms with E-state index < -0.39 is 6.10 Å². The van der Waals surface area contributed by atoms with Gasteiger partial charge in [-0.2, -0.15) is 0 Å². The summed E-state index contributed by atoms with van der Waals surface area (Å²) in [4.78, 5) is 20.8. The molecular weight excluding hydrogens is 430 g/mol. The van der Waals surface area contributed by atoms with Crippen molar-refractivity contribution in [1.29, 1.82) is 0 Å². The Bertz CT molecular complexity index is 1030. The van der Waals surface area contributed by atoms with E-state index in [0.717, 1.165) is 36.6 Å². The molecule has 0 spiro atoms. The largest absolute Gasteiger partial charge is 0.392 e. The molecule has 1 saturated carbocycles. The molecule has 0 radical (unpaired) electrons. The third-order valence-electron chi connectivity index (χ3n) is 7.95. The van der Waals surface area contributed by atoms with Crippen molar-refractivity contribution in [3.05, 3.63) is 46.5 Å². The van der Waals surface area contributed by atoms with Gasteiger partial charge < -0.3 is 15.3 Å². The molecule has 4 rings (SSSR count). The van der Waals surface area contributed by atoms with E-state index in [0.29, 0.717) is 6.54 Å². The van der Waals surface area contributed by atoms with Crippen LogP contribution in [0.2, 0.25) is 0 Å². The van der Waals surface area contributed by atoms with Crippen molar-refractivity contribution >= 4 is 22.4 Å². The number of benzene rings is 1.